The van der Waals surface area contributed by atoms with E-state index in [4.69, 9.17) is 0 Å². The Kier molecular flexibility index (Phi) is 5.42. The molecule has 0 fully saturated rings. The first kappa shape index (κ1) is 10.8. The van der Waals surface area contributed by atoms with Gasteiger partial charge in [-0.05, 0) is 6.42 Å². The van der Waals surface area contributed by atoms with Crippen LogP contribution in [0.4, 0.5) is 0 Å². The minimum atomic E-state index is -2.84. The lowest BCUT2D eigenvalue weighted by atomic mass is 10.3. The molecule has 0 aliphatic carbocycles. The molecule has 0 aromatic carbocycles. The van der Waals surface area contributed by atoms with Gasteiger partial charge in [-0.1, -0.05) is 25.8 Å². The summed E-state index contributed by atoms with van der Waals surface area (Å²) in [6.07, 6.45) is 4.51. The largest absolute Gasteiger partial charge is 0.305 e. The van der Waals surface area contributed by atoms with Gasteiger partial charge in [0.1, 0.15) is 0 Å². The summed E-state index contributed by atoms with van der Waals surface area (Å²) in [5, 5.41) is 0. The molecule has 3 heteroatoms. The van der Waals surface area contributed by atoms with Crippen molar-refractivity contribution in [2.45, 2.75) is 26.2 Å². The molecule has 0 atom stereocenters. The molecule has 0 aliphatic heterocycles. The summed E-state index contributed by atoms with van der Waals surface area (Å²) < 4.78 is 20.4. The molecule has 0 saturated carbocycles. The third kappa shape index (κ3) is 6.26. The van der Waals surface area contributed by atoms with Crippen LogP contribution in [0.5, 0.6) is 0 Å². The maximum absolute atomic E-state index is 11.2. The van der Waals surface area contributed by atoms with Crippen LogP contribution in [0.15, 0.2) is 12.7 Å². The summed E-state index contributed by atoms with van der Waals surface area (Å²) in [6.45, 7) is 5.52. The van der Waals surface area contributed by atoms with Gasteiger partial charge in [0.15, 0.2) is 0 Å². The lowest BCUT2D eigenvalue weighted by molar-refractivity contribution is 0.538. The zero-order valence-electron chi connectivity index (χ0n) is 7.12. The fraction of sp³-hybridized carbons (Fsp3) is 0.750. The lowest BCUT2D eigenvalue weighted by Gasteiger charge is -2.19. The van der Waals surface area contributed by atoms with Gasteiger partial charge in [-0.2, -0.15) is 10.2 Å². The molecule has 11 heavy (non-hydrogen) atoms. The molecule has 0 rings (SSSR count). The number of unbranched alkanes of at least 4 members (excludes halogenated alkanes) is 2. The summed E-state index contributed by atoms with van der Waals surface area (Å²) in [6, 6.07) is 0. The first-order chi connectivity index (χ1) is 5.12. The van der Waals surface area contributed by atoms with Gasteiger partial charge < -0.3 is 4.55 Å². The number of rotatable bonds is 6. The first-order valence-electron chi connectivity index (χ1n) is 4.04. The van der Waals surface area contributed by atoms with Crippen molar-refractivity contribution in [2.75, 3.05) is 11.5 Å². The Labute approximate surface area is 69.9 Å². The summed E-state index contributed by atoms with van der Waals surface area (Å²) in [4.78, 5) is 0. The van der Waals surface area contributed by atoms with Gasteiger partial charge in [-0.15, -0.1) is 6.58 Å². The molecule has 0 saturated heterocycles. The van der Waals surface area contributed by atoms with E-state index in [0.717, 1.165) is 19.3 Å². The summed E-state index contributed by atoms with van der Waals surface area (Å²) in [5.41, 5.74) is 0. The van der Waals surface area contributed by atoms with Crippen LogP contribution < -0.4 is 0 Å². The Balaban J connectivity index is 3.55. The van der Waals surface area contributed by atoms with Gasteiger partial charge in [-0.3, -0.25) is 0 Å². The highest BCUT2D eigenvalue weighted by molar-refractivity contribution is 7.97. The normalized spacial score (nSPS) is 12.9. The molecule has 0 spiro atoms. The molecule has 0 aliphatic rings. The molecule has 2 nitrogen and oxygen atoms in total. The average Bonchev–Trinajstić information content (AvgIpc) is 1.87. The fourth-order valence-corrected chi connectivity index (χ4v) is 2.21. The maximum atomic E-state index is 11.2. The van der Waals surface area contributed by atoms with E-state index < -0.39 is 10.2 Å². The molecule has 0 radical (unpaired) electrons. The number of hydrogen-bond donors (Lipinski definition) is 2. The standard InChI is InChI=1S/C8H18O2S/c1-3-5-6-8-11(9,10)7-4-2/h4,11H,2-3,5-8H2,1H3,(H,9,10). The highest BCUT2D eigenvalue weighted by Gasteiger charge is 2.01. The molecule has 0 bridgehead atoms. The van der Waals surface area contributed by atoms with Crippen LogP contribution in [0.2, 0.25) is 0 Å². The van der Waals surface area contributed by atoms with Crippen LogP contribution in [-0.2, 0) is 10.2 Å². The van der Waals surface area contributed by atoms with E-state index in [1.54, 1.807) is 0 Å². The molecule has 0 amide bonds. The van der Waals surface area contributed by atoms with Crippen molar-refractivity contribution < 1.29 is 8.76 Å². The molecule has 0 heterocycles. The Bertz CT molecular complexity index is 154. The highest BCUT2D eigenvalue weighted by Crippen LogP contribution is 2.04. The first-order valence-corrected chi connectivity index (χ1v) is 6.07. The van der Waals surface area contributed by atoms with Gasteiger partial charge in [0.2, 0.25) is 0 Å². The molecule has 0 aromatic rings. The van der Waals surface area contributed by atoms with E-state index in [9.17, 15) is 8.76 Å². The van der Waals surface area contributed by atoms with Crippen LogP contribution in [0.25, 0.3) is 0 Å². The maximum Gasteiger partial charge on any atom is 0.0494 e. The second-order valence-corrected chi connectivity index (χ2v) is 5.25. The third-order valence-corrected chi connectivity index (χ3v) is 3.37. The summed E-state index contributed by atoms with van der Waals surface area (Å²) in [5.74, 6) is 0.712. The zero-order valence-corrected chi connectivity index (χ0v) is 8.02. The van der Waals surface area contributed by atoms with E-state index >= 15 is 0 Å². The van der Waals surface area contributed by atoms with Gasteiger partial charge in [0.05, 0.1) is 0 Å². The van der Waals surface area contributed by atoms with Gasteiger partial charge in [0.25, 0.3) is 0 Å². The van der Waals surface area contributed by atoms with Gasteiger partial charge in [-0.25, -0.2) is 4.21 Å². The highest BCUT2D eigenvalue weighted by atomic mass is 32.3. The predicted octanol–water partition coefficient (Wildman–Crippen LogP) is 1.85. The Morgan fingerprint density at radius 2 is 2.18 bits per heavy atom. The quantitative estimate of drug-likeness (QED) is 0.370. The Morgan fingerprint density at radius 3 is 2.64 bits per heavy atom. The second kappa shape index (κ2) is 5.49. The van der Waals surface area contributed by atoms with Crippen molar-refractivity contribution in [1.82, 2.24) is 0 Å². The van der Waals surface area contributed by atoms with Crippen molar-refractivity contribution in [1.29, 1.82) is 0 Å². The van der Waals surface area contributed by atoms with Crippen LogP contribution >= 0.6 is 0 Å². The van der Waals surface area contributed by atoms with E-state index in [1.807, 2.05) is 0 Å². The lowest BCUT2D eigenvalue weighted by Crippen LogP contribution is -2.18. The summed E-state index contributed by atoms with van der Waals surface area (Å²) >= 11 is 0. The minimum Gasteiger partial charge on any atom is -0.305 e. The monoisotopic (exact) mass is 178 g/mol. The number of hydrogen-bond acceptors (Lipinski definition) is 1. The van der Waals surface area contributed by atoms with E-state index in [2.05, 4.69) is 13.5 Å². The molecule has 0 aromatic heterocycles. The van der Waals surface area contributed by atoms with E-state index in [0.29, 0.717) is 5.75 Å². The minimum absolute atomic E-state index is 0.261. The SMILES string of the molecule is C=CC[SH](=O)(O)CCCCC. The molecular formula is C8H18O2S. The van der Waals surface area contributed by atoms with Crippen LogP contribution in [0.3, 0.4) is 0 Å². The third-order valence-electron chi connectivity index (χ3n) is 1.53. The van der Waals surface area contributed by atoms with Crippen LogP contribution in [0, 0.1) is 0 Å². The van der Waals surface area contributed by atoms with Gasteiger partial charge in [0, 0.05) is 11.5 Å². The predicted molar refractivity (Wildman–Crippen MR) is 51.6 cm³/mol. The average molecular weight is 178 g/mol. The van der Waals surface area contributed by atoms with Crippen molar-refractivity contribution in [3.63, 3.8) is 0 Å². The Hall–Kier alpha value is -0.150. The molecule has 0 unspecified atom stereocenters. The zero-order chi connectivity index (χ0) is 8.74. The van der Waals surface area contributed by atoms with E-state index in [1.165, 1.54) is 6.08 Å². The van der Waals surface area contributed by atoms with Crippen molar-refractivity contribution in [3.05, 3.63) is 12.7 Å². The second-order valence-electron chi connectivity index (χ2n) is 2.75. The van der Waals surface area contributed by atoms with Crippen LogP contribution in [0.1, 0.15) is 26.2 Å². The fourth-order valence-electron chi connectivity index (χ4n) is 0.902. The molecular weight excluding hydrogens is 160 g/mol. The summed E-state index contributed by atoms with van der Waals surface area (Å²) in [7, 11) is -2.84. The van der Waals surface area contributed by atoms with Crippen molar-refractivity contribution >= 4 is 10.2 Å². The molecule has 1 N–H and O–H groups in total. The van der Waals surface area contributed by atoms with E-state index in [-0.39, 0.29) is 5.75 Å². The van der Waals surface area contributed by atoms with Crippen molar-refractivity contribution in [3.8, 4) is 0 Å². The smallest absolute Gasteiger partial charge is 0.0494 e. The van der Waals surface area contributed by atoms with Crippen molar-refractivity contribution in [2.24, 2.45) is 0 Å². The molecule has 68 valence electrons. The Morgan fingerprint density at radius 1 is 1.55 bits per heavy atom. The topological polar surface area (TPSA) is 37.3 Å². The van der Waals surface area contributed by atoms with Gasteiger partial charge >= 0.3 is 0 Å². The number of thiol groups is 1. The van der Waals surface area contributed by atoms with Crippen LogP contribution in [-0.4, -0.2) is 20.3 Å².